The third kappa shape index (κ3) is 3.58. The van der Waals surface area contributed by atoms with Gasteiger partial charge in [0.2, 0.25) is 0 Å². The number of nitrogens with one attached hydrogen (secondary N) is 1. The Labute approximate surface area is 141 Å². The van der Waals surface area contributed by atoms with Crippen LogP contribution < -0.4 is 5.32 Å². The Hall–Kier alpha value is -1.81. The fraction of sp³-hybridized carbons (Fsp3) is 0.444. The third-order valence-electron chi connectivity index (χ3n) is 4.50. The van der Waals surface area contributed by atoms with Crippen molar-refractivity contribution in [3.8, 4) is 0 Å². The van der Waals surface area contributed by atoms with Gasteiger partial charge in [0, 0.05) is 6.04 Å². The normalized spacial score (nSPS) is 20.1. The molecule has 1 heterocycles. The van der Waals surface area contributed by atoms with Gasteiger partial charge in [-0.1, -0.05) is 67.6 Å². The molecule has 1 aliphatic carbocycles. The van der Waals surface area contributed by atoms with E-state index in [-0.39, 0.29) is 29.2 Å². The van der Waals surface area contributed by atoms with Gasteiger partial charge in [0.15, 0.2) is 0 Å². The summed E-state index contributed by atoms with van der Waals surface area (Å²) in [5.41, 5.74) is 1.19. The van der Waals surface area contributed by atoms with E-state index in [0.29, 0.717) is 0 Å². The second kappa shape index (κ2) is 7.18. The zero-order chi connectivity index (χ0) is 16.2. The number of amides is 2. The third-order valence-corrected chi connectivity index (χ3v) is 4.85. The van der Waals surface area contributed by atoms with Crippen LogP contribution in [0.2, 0.25) is 0 Å². The molecular weight excluding hydrogens is 312 g/mol. The molecule has 23 heavy (non-hydrogen) atoms. The molecule has 1 saturated carbocycles. The lowest BCUT2D eigenvalue weighted by molar-refractivity contribution is -0.138. The number of carbonyl (C=O) groups excluding carboxylic acids is 2. The van der Waals surface area contributed by atoms with Crippen molar-refractivity contribution < 1.29 is 9.59 Å². The molecule has 1 N–H and O–H groups in total. The van der Waals surface area contributed by atoms with E-state index in [0.717, 1.165) is 31.2 Å². The highest BCUT2D eigenvalue weighted by atomic mass is 35.5. The summed E-state index contributed by atoms with van der Waals surface area (Å²) in [6.07, 6.45) is 6.81. The van der Waals surface area contributed by atoms with Crippen LogP contribution in [0.4, 0.5) is 0 Å². The van der Waals surface area contributed by atoms with Gasteiger partial charge in [-0.05, 0) is 18.4 Å². The SMILES string of the molecule is O=C1C(Cl)=C(NC2CCCCCC2)C(=O)N1Cc1ccccc1. The first-order valence-corrected chi connectivity index (χ1v) is 8.61. The Morgan fingerprint density at radius 1 is 1.00 bits per heavy atom. The van der Waals surface area contributed by atoms with Gasteiger partial charge in [0.1, 0.15) is 10.7 Å². The van der Waals surface area contributed by atoms with Crippen molar-refractivity contribution >= 4 is 23.4 Å². The minimum Gasteiger partial charge on any atom is -0.376 e. The van der Waals surface area contributed by atoms with Crippen LogP contribution in [0.1, 0.15) is 44.1 Å². The number of benzene rings is 1. The van der Waals surface area contributed by atoms with Crippen LogP contribution in [0.25, 0.3) is 0 Å². The Bertz CT molecular complexity index is 619. The van der Waals surface area contributed by atoms with Gasteiger partial charge in [-0.2, -0.15) is 0 Å². The number of carbonyl (C=O) groups is 2. The Morgan fingerprint density at radius 3 is 2.30 bits per heavy atom. The van der Waals surface area contributed by atoms with Crippen molar-refractivity contribution in [1.82, 2.24) is 10.2 Å². The summed E-state index contributed by atoms with van der Waals surface area (Å²) in [4.78, 5) is 26.1. The summed E-state index contributed by atoms with van der Waals surface area (Å²) < 4.78 is 0. The predicted octanol–water partition coefficient (Wildman–Crippen LogP) is 3.32. The van der Waals surface area contributed by atoms with Gasteiger partial charge < -0.3 is 5.32 Å². The highest BCUT2D eigenvalue weighted by Crippen LogP contribution is 2.26. The fourth-order valence-corrected chi connectivity index (χ4v) is 3.45. The summed E-state index contributed by atoms with van der Waals surface area (Å²) in [5.74, 6) is -0.718. The molecule has 0 bridgehead atoms. The first-order valence-electron chi connectivity index (χ1n) is 8.23. The summed E-state index contributed by atoms with van der Waals surface area (Å²) in [7, 11) is 0. The topological polar surface area (TPSA) is 49.4 Å². The van der Waals surface area contributed by atoms with Gasteiger partial charge in [0.05, 0.1) is 6.54 Å². The minimum absolute atomic E-state index is 0.0233. The number of nitrogens with zero attached hydrogens (tertiary/aromatic N) is 1. The Morgan fingerprint density at radius 2 is 1.65 bits per heavy atom. The summed E-state index contributed by atoms with van der Waals surface area (Å²) in [5, 5.41) is 3.26. The van der Waals surface area contributed by atoms with Crippen molar-refractivity contribution in [3.63, 3.8) is 0 Å². The molecule has 3 rings (SSSR count). The van der Waals surface area contributed by atoms with Crippen molar-refractivity contribution in [2.45, 2.75) is 51.1 Å². The number of halogens is 1. The predicted molar refractivity (Wildman–Crippen MR) is 89.5 cm³/mol. The minimum atomic E-state index is -0.406. The second-order valence-electron chi connectivity index (χ2n) is 6.20. The van der Waals surface area contributed by atoms with E-state index in [1.165, 1.54) is 17.7 Å². The highest BCUT2D eigenvalue weighted by molar-refractivity contribution is 6.47. The van der Waals surface area contributed by atoms with E-state index < -0.39 is 5.91 Å². The van der Waals surface area contributed by atoms with Crippen LogP contribution in [-0.2, 0) is 16.1 Å². The second-order valence-corrected chi connectivity index (χ2v) is 6.58. The average Bonchev–Trinajstić information content (AvgIpc) is 2.78. The smallest absolute Gasteiger partial charge is 0.278 e. The number of imide groups is 1. The van der Waals surface area contributed by atoms with E-state index in [4.69, 9.17) is 11.6 Å². The van der Waals surface area contributed by atoms with Gasteiger partial charge in [0.25, 0.3) is 11.8 Å². The standard InChI is InChI=1S/C18H21ClN2O2/c19-15-16(20-14-10-6-1-2-7-11-14)18(23)21(17(15)22)12-13-8-4-3-5-9-13/h3-5,8-9,14,20H,1-2,6-7,10-12H2. The summed E-state index contributed by atoms with van der Waals surface area (Å²) in [6, 6.07) is 9.70. The van der Waals surface area contributed by atoms with Crippen LogP contribution in [0.3, 0.4) is 0 Å². The molecule has 1 aromatic rings. The van der Waals surface area contributed by atoms with Gasteiger partial charge in [-0.15, -0.1) is 0 Å². The first kappa shape index (κ1) is 16.1. The Balaban J connectivity index is 1.71. The average molecular weight is 333 g/mol. The molecule has 0 aromatic heterocycles. The summed E-state index contributed by atoms with van der Waals surface area (Å²) >= 11 is 6.15. The van der Waals surface area contributed by atoms with E-state index in [1.54, 1.807) is 0 Å². The van der Waals surface area contributed by atoms with E-state index >= 15 is 0 Å². The lowest BCUT2D eigenvalue weighted by Crippen LogP contribution is -2.36. The molecule has 0 spiro atoms. The quantitative estimate of drug-likeness (QED) is 0.679. The molecule has 1 fully saturated rings. The zero-order valence-corrected chi connectivity index (χ0v) is 13.8. The first-order chi connectivity index (χ1) is 11.2. The van der Waals surface area contributed by atoms with Crippen molar-refractivity contribution in [3.05, 3.63) is 46.6 Å². The van der Waals surface area contributed by atoms with Gasteiger partial charge >= 0.3 is 0 Å². The molecule has 0 atom stereocenters. The van der Waals surface area contributed by atoms with Crippen LogP contribution in [0, 0.1) is 0 Å². The molecule has 1 aromatic carbocycles. The number of rotatable bonds is 4. The molecule has 2 aliphatic rings. The monoisotopic (exact) mass is 332 g/mol. The van der Waals surface area contributed by atoms with Crippen LogP contribution in [0.15, 0.2) is 41.1 Å². The van der Waals surface area contributed by atoms with Crippen LogP contribution >= 0.6 is 11.6 Å². The van der Waals surface area contributed by atoms with E-state index in [1.807, 2.05) is 30.3 Å². The van der Waals surface area contributed by atoms with E-state index in [2.05, 4.69) is 5.32 Å². The fourth-order valence-electron chi connectivity index (χ4n) is 3.21. The van der Waals surface area contributed by atoms with Gasteiger partial charge in [-0.3, -0.25) is 14.5 Å². The highest BCUT2D eigenvalue weighted by Gasteiger charge is 2.38. The van der Waals surface area contributed by atoms with Crippen LogP contribution in [-0.4, -0.2) is 22.8 Å². The maximum Gasteiger partial charge on any atom is 0.278 e. The lowest BCUT2D eigenvalue weighted by Gasteiger charge is -2.19. The molecule has 0 saturated heterocycles. The molecule has 1 aliphatic heterocycles. The van der Waals surface area contributed by atoms with Crippen LogP contribution in [0.5, 0.6) is 0 Å². The molecule has 0 unspecified atom stereocenters. The lowest BCUT2D eigenvalue weighted by atomic mass is 10.1. The molecule has 0 radical (unpaired) electrons. The maximum absolute atomic E-state index is 12.6. The van der Waals surface area contributed by atoms with Crippen molar-refractivity contribution in [2.75, 3.05) is 0 Å². The number of hydrogen-bond donors (Lipinski definition) is 1. The molecular formula is C18H21ClN2O2. The molecule has 122 valence electrons. The largest absolute Gasteiger partial charge is 0.376 e. The number of hydrogen-bond acceptors (Lipinski definition) is 3. The van der Waals surface area contributed by atoms with Gasteiger partial charge in [-0.25, -0.2) is 0 Å². The molecule has 4 nitrogen and oxygen atoms in total. The maximum atomic E-state index is 12.6. The zero-order valence-electron chi connectivity index (χ0n) is 13.1. The summed E-state index contributed by atoms with van der Waals surface area (Å²) in [6.45, 7) is 0.255. The van der Waals surface area contributed by atoms with Crippen molar-refractivity contribution in [1.29, 1.82) is 0 Å². The molecule has 5 heteroatoms. The van der Waals surface area contributed by atoms with E-state index in [9.17, 15) is 9.59 Å². The van der Waals surface area contributed by atoms with Crippen molar-refractivity contribution in [2.24, 2.45) is 0 Å². The Kier molecular flexibility index (Phi) is 5.01. The molecule has 2 amide bonds.